The van der Waals surface area contributed by atoms with Crippen LogP contribution in [0.5, 0.6) is 5.75 Å². The summed E-state index contributed by atoms with van der Waals surface area (Å²) in [5, 5.41) is 17.9. The Morgan fingerprint density at radius 2 is 1.68 bits per heavy atom. The molecule has 3 aromatic rings. The third-order valence-corrected chi connectivity index (χ3v) is 5.86. The molecule has 34 heavy (non-hydrogen) atoms. The first-order valence-corrected chi connectivity index (χ1v) is 11.3. The fourth-order valence-corrected chi connectivity index (χ4v) is 4.08. The molecule has 3 N–H and O–H groups in total. The van der Waals surface area contributed by atoms with Crippen molar-refractivity contribution in [2.45, 2.75) is 11.8 Å². The minimum atomic E-state index is -4.20. The van der Waals surface area contributed by atoms with Crippen LogP contribution in [0.2, 0.25) is 0 Å². The van der Waals surface area contributed by atoms with Crippen LogP contribution in [0.25, 0.3) is 0 Å². The Morgan fingerprint density at radius 3 is 2.26 bits per heavy atom. The molecule has 0 unspecified atom stereocenters. The summed E-state index contributed by atoms with van der Waals surface area (Å²) in [5.74, 6) is 0.346. The van der Waals surface area contributed by atoms with Crippen LogP contribution in [0.3, 0.4) is 0 Å². The summed E-state index contributed by atoms with van der Waals surface area (Å²) in [6.07, 6.45) is 1.44. The monoisotopic (exact) mass is 483 g/mol. The molecule has 0 saturated carbocycles. The van der Waals surface area contributed by atoms with Crippen molar-refractivity contribution in [3.63, 3.8) is 0 Å². The van der Waals surface area contributed by atoms with Gasteiger partial charge < -0.3 is 10.1 Å². The lowest BCUT2D eigenvalue weighted by molar-refractivity contribution is -0.385. The van der Waals surface area contributed by atoms with E-state index in [1.165, 1.54) is 44.5 Å². The van der Waals surface area contributed by atoms with Crippen LogP contribution in [0.1, 0.15) is 12.5 Å². The number of nitro groups is 1. The minimum absolute atomic E-state index is 0.0396. The summed E-state index contributed by atoms with van der Waals surface area (Å²) < 4.78 is 33.5. The number of nitrogens with zero attached hydrogens (tertiary/aromatic N) is 2. The topological polar surface area (TPSA) is 152 Å². The molecule has 0 radical (unpaired) electrons. The number of hydrazone groups is 1. The summed E-state index contributed by atoms with van der Waals surface area (Å²) in [6.45, 7) is 1.40. The van der Waals surface area contributed by atoms with Crippen molar-refractivity contribution >= 4 is 44.9 Å². The van der Waals surface area contributed by atoms with Gasteiger partial charge in [0.15, 0.2) is 0 Å². The summed E-state index contributed by atoms with van der Waals surface area (Å²) in [7, 11) is -2.72. The smallest absolute Gasteiger partial charge is 0.270 e. The lowest BCUT2D eigenvalue weighted by atomic mass is 10.2. The molecule has 0 fully saturated rings. The van der Waals surface area contributed by atoms with Gasteiger partial charge in [0.1, 0.15) is 10.6 Å². The summed E-state index contributed by atoms with van der Waals surface area (Å²) >= 11 is 0. The maximum absolute atomic E-state index is 13.0. The summed E-state index contributed by atoms with van der Waals surface area (Å²) in [6, 6.07) is 16.3. The number of anilines is 3. The van der Waals surface area contributed by atoms with Crippen LogP contribution < -0.4 is 20.2 Å². The number of amides is 1. The number of carbonyl (C=O) groups excluding carboxylic acids is 1. The van der Waals surface area contributed by atoms with E-state index in [0.29, 0.717) is 17.0 Å². The first-order chi connectivity index (χ1) is 16.2. The van der Waals surface area contributed by atoms with Crippen molar-refractivity contribution in [1.29, 1.82) is 0 Å². The second kappa shape index (κ2) is 10.4. The number of nitro benzene ring substituents is 1. The van der Waals surface area contributed by atoms with E-state index in [1.54, 1.807) is 36.4 Å². The van der Waals surface area contributed by atoms with E-state index in [1.807, 2.05) is 0 Å². The van der Waals surface area contributed by atoms with E-state index < -0.39 is 20.6 Å². The zero-order chi connectivity index (χ0) is 24.7. The maximum atomic E-state index is 13.0. The first kappa shape index (κ1) is 24.2. The van der Waals surface area contributed by atoms with Crippen molar-refractivity contribution < 1.29 is 22.9 Å². The Hall–Kier alpha value is -4.45. The average molecular weight is 484 g/mol. The van der Waals surface area contributed by atoms with Crippen LogP contribution in [-0.2, 0) is 14.8 Å². The number of methoxy groups -OCH3 is 1. The van der Waals surface area contributed by atoms with Gasteiger partial charge in [0.2, 0.25) is 5.91 Å². The van der Waals surface area contributed by atoms with Crippen molar-refractivity contribution in [2.75, 3.05) is 22.6 Å². The predicted octanol–water partition coefficient (Wildman–Crippen LogP) is 3.81. The lowest BCUT2D eigenvalue weighted by Crippen LogP contribution is -2.15. The van der Waals surface area contributed by atoms with Gasteiger partial charge >= 0.3 is 0 Å². The third kappa shape index (κ3) is 6.29. The van der Waals surface area contributed by atoms with Crippen LogP contribution in [-0.4, -0.2) is 32.6 Å². The Bertz CT molecular complexity index is 1320. The van der Waals surface area contributed by atoms with Crippen LogP contribution >= 0.6 is 0 Å². The van der Waals surface area contributed by atoms with Gasteiger partial charge in [0, 0.05) is 30.4 Å². The van der Waals surface area contributed by atoms with Gasteiger partial charge in [0.05, 0.1) is 23.9 Å². The lowest BCUT2D eigenvalue weighted by Gasteiger charge is -2.12. The number of carbonyl (C=O) groups is 1. The molecule has 0 heterocycles. The second-order valence-corrected chi connectivity index (χ2v) is 8.60. The number of sulfonamides is 1. The summed E-state index contributed by atoms with van der Waals surface area (Å²) in [4.78, 5) is 21.3. The quantitative estimate of drug-likeness (QED) is 0.238. The molecule has 0 aromatic heterocycles. The van der Waals surface area contributed by atoms with E-state index in [0.717, 1.165) is 6.07 Å². The highest BCUT2D eigenvalue weighted by atomic mass is 32.2. The molecule has 3 rings (SSSR count). The molecular formula is C22H21N5O6S. The molecule has 0 aliphatic rings. The van der Waals surface area contributed by atoms with E-state index in [2.05, 4.69) is 20.6 Å². The zero-order valence-corrected chi connectivity index (χ0v) is 19.0. The number of rotatable bonds is 9. The molecule has 0 bridgehead atoms. The number of ether oxygens (including phenoxy) is 1. The number of benzene rings is 3. The van der Waals surface area contributed by atoms with Gasteiger partial charge in [-0.2, -0.15) is 5.10 Å². The highest BCUT2D eigenvalue weighted by molar-refractivity contribution is 7.92. The Kier molecular flexibility index (Phi) is 7.43. The fourth-order valence-electron chi connectivity index (χ4n) is 2.84. The SMILES string of the molecule is COc1ccc(NS(=O)(=O)c2cc([N+](=O)[O-])ccc2N/N=C/c2ccc(NC(C)=O)cc2)cc1. The zero-order valence-electron chi connectivity index (χ0n) is 18.2. The van der Waals surface area contributed by atoms with Gasteiger partial charge in [-0.1, -0.05) is 12.1 Å². The van der Waals surface area contributed by atoms with Crippen LogP contribution in [0, 0.1) is 10.1 Å². The van der Waals surface area contributed by atoms with Crippen molar-refractivity contribution in [3.8, 4) is 5.75 Å². The summed E-state index contributed by atoms with van der Waals surface area (Å²) in [5.41, 5.74) is 3.81. The van der Waals surface area contributed by atoms with Gasteiger partial charge in [0.25, 0.3) is 15.7 Å². The van der Waals surface area contributed by atoms with Gasteiger partial charge in [-0.3, -0.25) is 25.1 Å². The second-order valence-electron chi connectivity index (χ2n) is 6.94. The standard InChI is InChI=1S/C22H21N5O6S/c1-15(28)24-17-5-3-16(4-6-17)14-23-25-21-12-9-19(27(29)30)13-22(21)34(31,32)26-18-7-10-20(33-2)11-8-18/h3-14,25-26H,1-2H3,(H,24,28)/b23-14+. The number of hydrogen-bond acceptors (Lipinski definition) is 8. The average Bonchev–Trinajstić information content (AvgIpc) is 2.80. The molecule has 3 aromatic carbocycles. The maximum Gasteiger partial charge on any atom is 0.270 e. The van der Waals surface area contributed by atoms with E-state index in [-0.39, 0.29) is 22.2 Å². The largest absolute Gasteiger partial charge is 0.497 e. The molecule has 0 aliphatic carbocycles. The molecule has 0 spiro atoms. The number of non-ortho nitro benzene ring substituents is 1. The molecule has 0 atom stereocenters. The molecule has 11 nitrogen and oxygen atoms in total. The first-order valence-electron chi connectivity index (χ1n) is 9.80. The number of nitrogens with one attached hydrogen (secondary N) is 3. The van der Waals surface area contributed by atoms with Crippen molar-refractivity contribution in [2.24, 2.45) is 5.10 Å². The Morgan fingerprint density at radius 1 is 1.03 bits per heavy atom. The molecule has 1 amide bonds. The van der Waals surface area contributed by atoms with E-state index in [4.69, 9.17) is 4.74 Å². The van der Waals surface area contributed by atoms with E-state index in [9.17, 15) is 23.3 Å². The highest BCUT2D eigenvalue weighted by Gasteiger charge is 2.22. The Balaban J connectivity index is 1.85. The van der Waals surface area contributed by atoms with Gasteiger partial charge in [-0.15, -0.1) is 0 Å². The predicted molar refractivity (Wildman–Crippen MR) is 129 cm³/mol. The molecule has 12 heteroatoms. The number of hydrogen-bond donors (Lipinski definition) is 3. The molecule has 0 saturated heterocycles. The third-order valence-electron chi connectivity index (χ3n) is 4.44. The van der Waals surface area contributed by atoms with E-state index >= 15 is 0 Å². The fraction of sp³-hybridized carbons (Fsp3) is 0.0909. The molecule has 0 aliphatic heterocycles. The van der Waals surface area contributed by atoms with Crippen molar-refractivity contribution in [3.05, 3.63) is 82.4 Å². The highest BCUT2D eigenvalue weighted by Crippen LogP contribution is 2.29. The van der Waals surface area contributed by atoms with Gasteiger partial charge in [-0.25, -0.2) is 8.42 Å². The Labute approximate surface area is 195 Å². The van der Waals surface area contributed by atoms with Crippen LogP contribution in [0.15, 0.2) is 76.7 Å². The van der Waals surface area contributed by atoms with Gasteiger partial charge in [-0.05, 0) is 48.0 Å². The molecular weight excluding hydrogens is 462 g/mol. The van der Waals surface area contributed by atoms with Crippen molar-refractivity contribution in [1.82, 2.24) is 0 Å². The van der Waals surface area contributed by atoms with Crippen LogP contribution in [0.4, 0.5) is 22.7 Å². The minimum Gasteiger partial charge on any atom is -0.497 e. The molecule has 176 valence electrons. The normalized spacial score (nSPS) is 11.1.